The minimum absolute atomic E-state index is 0.357. The zero-order valence-corrected chi connectivity index (χ0v) is 7.24. The molecule has 0 aromatic rings. The van der Waals surface area contributed by atoms with Gasteiger partial charge in [0.1, 0.15) is 0 Å². The van der Waals surface area contributed by atoms with Crippen molar-refractivity contribution in [2.45, 2.75) is 26.8 Å². The summed E-state index contributed by atoms with van der Waals surface area (Å²) in [6.45, 7) is 6.87. The quantitative estimate of drug-likeness (QED) is 0.625. The lowest BCUT2D eigenvalue weighted by Crippen LogP contribution is -2.24. The van der Waals surface area contributed by atoms with Crippen molar-refractivity contribution in [2.75, 3.05) is 6.54 Å². The summed E-state index contributed by atoms with van der Waals surface area (Å²) in [6.07, 6.45) is 2.76. The molecule has 0 aromatic heterocycles. The summed E-state index contributed by atoms with van der Waals surface area (Å²) in [5, 5.41) is 8.33. The maximum absolute atomic E-state index is 10.1. The van der Waals surface area contributed by atoms with Gasteiger partial charge in [0.15, 0.2) is 0 Å². The average Bonchev–Trinajstić information content (AvgIpc) is 1.87. The van der Waals surface area contributed by atoms with Crippen LogP contribution in [-0.2, 0) is 4.79 Å². The van der Waals surface area contributed by atoms with E-state index in [0.717, 1.165) is 12.6 Å². The fourth-order valence-electron chi connectivity index (χ4n) is 0.802. The van der Waals surface area contributed by atoms with Gasteiger partial charge < -0.3 is 10.0 Å². The topological polar surface area (TPSA) is 40.5 Å². The monoisotopic (exact) mass is 157 g/mol. The molecule has 0 aromatic carbocycles. The van der Waals surface area contributed by atoms with Crippen molar-refractivity contribution in [3.8, 4) is 0 Å². The SMILES string of the molecule is CCN(C=CC(=O)O)C(C)C. The van der Waals surface area contributed by atoms with Crippen LogP contribution in [0, 0.1) is 0 Å². The summed E-state index contributed by atoms with van der Waals surface area (Å²) in [4.78, 5) is 12.1. The van der Waals surface area contributed by atoms with Crippen molar-refractivity contribution in [1.29, 1.82) is 0 Å². The number of hydrogen-bond acceptors (Lipinski definition) is 2. The Balaban J connectivity index is 3.97. The Morgan fingerprint density at radius 3 is 2.45 bits per heavy atom. The molecule has 0 spiro atoms. The van der Waals surface area contributed by atoms with Crippen molar-refractivity contribution in [3.05, 3.63) is 12.3 Å². The molecule has 0 radical (unpaired) electrons. The maximum Gasteiger partial charge on any atom is 0.329 e. The zero-order valence-electron chi connectivity index (χ0n) is 7.24. The van der Waals surface area contributed by atoms with Crippen molar-refractivity contribution in [3.63, 3.8) is 0 Å². The summed E-state index contributed by atoms with van der Waals surface area (Å²) in [6, 6.07) is 0.357. The molecular formula is C8H15NO2. The fourth-order valence-corrected chi connectivity index (χ4v) is 0.802. The first-order valence-electron chi connectivity index (χ1n) is 3.74. The third-order valence-electron chi connectivity index (χ3n) is 1.44. The van der Waals surface area contributed by atoms with E-state index in [4.69, 9.17) is 5.11 Å². The molecule has 0 fully saturated rings. The van der Waals surface area contributed by atoms with E-state index in [0.29, 0.717) is 6.04 Å². The summed E-state index contributed by atoms with van der Waals surface area (Å²) in [5.41, 5.74) is 0. The highest BCUT2D eigenvalue weighted by molar-refractivity contribution is 5.79. The van der Waals surface area contributed by atoms with E-state index in [-0.39, 0.29) is 0 Å². The van der Waals surface area contributed by atoms with E-state index in [1.807, 2.05) is 25.7 Å². The molecule has 0 rings (SSSR count). The van der Waals surface area contributed by atoms with Gasteiger partial charge in [0.25, 0.3) is 0 Å². The smallest absolute Gasteiger partial charge is 0.329 e. The summed E-state index contributed by atoms with van der Waals surface area (Å²) in [5.74, 6) is -0.899. The van der Waals surface area contributed by atoms with E-state index in [1.54, 1.807) is 6.20 Å². The van der Waals surface area contributed by atoms with E-state index in [9.17, 15) is 4.79 Å². The second-order valence-corrected chi connectivity index (χ2v) is 2.58. The van der Waals surface area contributed by atoms with E-state index >= 15 is 0 Å². The number of rotatable bonds is 4. The molecular weight excluding hydrogens is 142 g/mol. The van der Waals surface area contributed by atoms with Crippen LogP contribution in [0.4, 0.5) is 0 Å². The molecule has 0 aliphatic heterocycles. The first-order valence-corrected chi connectivity index (χ1v) is 3.74. The summed E-state index contributed by atoms with van der Waals surface area (Å²) in [7, 11) is 0. The molecule has 1 N–H and O–H groups in total. The summed E-state index contributed by atoms with van der Waals surface area (Å²) >= 11 is 0. The van der Waals surface area contributed by atoms with Gasteiger partial charge in [-0.1, -0.05) is 0 Å². The number of hydrogen-bond donors (Lipinski definition) is 1. The van der Waals surface area contributed by atoms with Gasteiger partial charge >= 0.3 is 5.97 Å². The van der Waals surface area contributed by atoms with Gasteiger partial charge in [0, 0.05) is 24.9 Å². The molecule has 3 nitrogen and oxygen atoms in total. The first kappa shape index (κ1) is 10.0. The highest BCUT2D eigenvalue weighted by atomic mass is 16.4. The van der Waals surface area contributed by atoms with E-state index < -0.39 is 5.97 Å². The van der Waals surface area contributed by atoms with Crippen molar-refractivity contribution in [2.24, 2.45) is 0 Å². The highest BCUT2D eigenvalue weighted by Crippen LogP contribution is 1.97. The van der Waals surface area contributed by atoms with Crippen molar-refractivity contribution < 1.29 is 9.90 Å². The van der Waals surface area contributed by atoms with Crippen LogP contribution >= 0.6 is 0 Å². The van der Waals surface area contributed by atoms with Crippen molar-refractivity contribution >= 4 is 5.97 Å². The molecule has 0 atom stereocenters. The van der Waals surface area contributed by atoms with Gasteiger partial charge in [-0.2, -0.15) is 0 Å². The predicted molar refractivity (Wildman–Crippen MR) is 44.3 cm³/mol. The lowest BCUT2D eigenvalue weighted by Gasteiger charge is -2.22. The standard InChI is InChI=1S/C8H15NO2/c1-4-9(7(2)3)6-5-8(10)11/h5-7H,4H2,1-3H3,(H,10,11). The van der Waals surface area contributed by atoms with Crippen LogP contribution in [0.15, 0.2) is 12.3 Å². The van der Waals surface area contributed by atoms with Crippen LogP contribution in [0.3, 0.4) is 0 Å². The van der Waals surface area contributed by atoms with Crippen LogP contribution in [-0.4, -0.2) is 28.6 Å². The van der Waals surface area contributed by atoms with Crippen LogP contribution in [0.5, 0.6) is 0 Å². The highest BCUT2D eigenvalue weighted by Gasteiger charge is 2.00. The molecule has 0 unspecified atom stereocenters. The fraction of sp³-hybridized carbons (Fsp3) is 0.625. The normalized spacial score (nSPS) is 10.9. The maximum atomic E-state index is 10.1. The molecule has 0 saturated carbocycles. The van der Waals surface area contributed by atoms with Crippen LogP contribution in [0.1, 0.15) is 20.8 Å². The third-order valence-corrected chi connectivity index (χ3v) is 1.44. The average molecular weight is 157 g/mol. The van der Waals surface area contributed by atoms with Gasteiger partial charge in [-0.25, -0.2) is 4.79 Å². The molecule has 0 heterocycles. The largest absolute Gasteiger partial charge is 0.478 e. The minimum atomic E-state index is -0.899. The molecule has 0 amide bonds. The third kappa shape index (κ3) is 4.42. The predicted octanol–water partition coefficient (Wildman–Crippen LogP) is 1.31. The number of carboxylic acids is 1. The molecule has 3 heteroatoms. The van der Waals surface area contributed by atoms with Crippen molar-refractivity contribution in [1.82, 2.24) is 4.90 Å². The van der Waals surface area contributed by atoms with Gasteiger partial charge in [-0.05, 0) is 20.8 Å². The molecule has 0 saturated heterocycles. The Hall–Kier alpha value is -0.990. The van der Waals surface area contributed by atoms with Crippen LogP contribution in [0.25, 0.3) is 0 Å². The Morgan fingerprint density at radius 2 is 2.18 bits per heavy atom. The number of nitrogens with zero attached hydrogens (tertiary/aromatic N) is 1. The Kier molecular flexibility index (Phi) is 4.34. The Bertz CT molecular complexity index is 152. The van der Waals surface area contributed by atoms with E-state index in [1.165, 1.54) is 0 Å². The van der Waals surface area contributed by atoms with Gasteiger partial charge in [-0.3, -0.25) is 0 Å². The first-order chi connectivity index (χ1) is 5.07. The van der Waals surface area contributed by atoms with Crippen LogP contribution < -0.4 is 0 Å². The Morgan fingerprint density at radius 1 is 1.64 bits per heavy atom. The Labute approximate surface area is 67.3 Å². The van der Waals surface area contributed by atoms with Gasteiger partial charge in [0.05, 0.1) is 0 Å². The number of carboxylic acid groups (broad SMARTS) is 1. The lowest BCUT2D eigenvalue weighted by molar-refractivity contribution is -0.131. The van der Waals surface area contributed by atoms with E-state index in [2.05, 4.69) is 0 Å². The number of carbonyl (C=O) groups is 1. The second-order valence-electron chi connectivity index (χ2n) is 2.58. The molecule has 11 heavy (non-hydrogen) atoms. The zero-order chi connectivity index (χ0) is 8.85. The molecule has 64 valence electrons. The second kappa shape index (κ2) is 4.77. The lowest BCUT2D eigenvalue weighted by atomic mass is 10.3. The summed E-state index contributed by atoms with van der Waals surface area (Å²) < 4.78 is 0. The number of aliphatic carboxylic acids is 1. The minimum Gasteiger partial charge on any atom is -0.478 e. The van der Waals surface area contributed by atoms with Gasteiger partial charge in [-0.15, -0.1) is 0 Å². The molecule has 0 aliphatic rings. The molecule has 0 bridgehead atoms. The molecule has 0 aliphatic carbocycles. The van der Waals surface area contributed by atoms with Crippen LogP contribution in [0.2, 0.25) is 0 Å². The van der Waals surface area contributed by atoms with Gasteiger partial charge in [0.2, 0.25) is 0 Å².